The third-order valence-corrected chi connectivity index (χ3v) is 4.90. The lowest BCUT2D eigenvalue weighted by Gasteiger charge is -2.07. The van der Waals surface area contributed by atoms with Crippen molar-refractivity contribution in [3.63, 3.8) is 0 Å². The molecule has 0 saturated heterocycles. The van der Waals surface area contributed by atoms with Crippen molar-refractivity contribution < 1.29 is 23.8 Å². The molecule has 2 amide bonds. The van der Waals surface area contributed by atoms with E-state index in [4.69, 9.17) is 14.2 Å². The SMILES string of the molecule is COc1cccc(/C=N/NC(=O)CCCOc2ccc(C(=O)N/N=C/c3cccc(OC)c3)cc2)c1. The summed E-state index contributed by atoms with van der Waals surface area (Å²) in [7, 11) is 3.18. The molecule has 0 saturated carbocycles. The number of hydrazone groups is 2. The Kier molecular flexibility index (Phi) is 10.0. The van der Waals surface area contributed by atoms with Crippen molar-refractivity contribution in [1.29, 1.82) is 0 Å². The van der Waals surface area contributed by atoms with Gasteiger partial charge in [-0.1, -0.05) is 24.3 Å². The van der Waals surface area contributed by atoms with Crippen LogP contribution in [0.2, 0.25) is 0 Å². The predicted octanol–water partition coefficient (Wildman–Crippen LogP) is 3.78. The smallest absolute Gasteiger partial charge is 0.271 e. The summed E-state index contributed by atoms with van der Waals surface area (Å²) in [4.78, 5) is 24.2. The fraction of sp³-hybridized carbons (Fsp3) is 0.185. The Balaban J connectivity index is 1.35. The number of nitrogens with one attached hydrogen (secondary N) is 2. The van der Waals surface area contributed by atoms with Gasteiger partial charge in [-0.15, -0.1) is 0 Å². The molecule has 0 bridgehead atoms. The molecule has 9 heteroatoms. The first-order chi connectivity index (χ1) is 17.6. The van der Waals surface area contributed by atoms with Crippen LogP contribution in [0, 0.1) is 0 Å². The third-order valence-electron chi connectivity index (χ3n) is 4.90. The van der Waals surface area contributed by atoms with Gasteiger partial charge in [-0.05, 0) is 66.1 Å². The van der Waals surface area contributed by atoms with Crippen molar-refractivity contribution >= 4 is 24.2 Å². The lowest BCUT2D eigenvalue weighted by Crippen LogP contribution is -2.18. The van der Waals surface area contributed by atoms with E-state index in [9.17, 15) is 9.59 Å². The fourth-order valence-electron chi connectivity index (χ4n) is 3.03. The van der Waals surface area contributed by atoms with Crippen LogP contribution < -0.4 is 25.1 Å². The second-order valence-electron chi connectivity index (χ2n) is 7.52. The molecule has 0 atom stereocenters. The van der Waals surface area contributed by atoms with E-state index in [0.29, 0.717) is 35.8 Å². The molecule has 9 nitrogen and oxygen atoms in total. The minimum atomic E-state index is -0.341. The Morgan fingerprint density at radius 3 is 1.94 bits per heavy atom. The van der Waals surface area contributed by atoms with Gasteiger partial charge < -0.3 is 14.2 Å². The van der Waals surface area contributed by atoms with E-state index in [-0.39, 0.29) is 18.2 Å². The van der Waals surface area contributed by atoms with Crippen LogP contribution in [0.3, 0.4) is 0 Å². The normalized spacial score (nSPS) is 10.8. The third kappa shape index (κ3) is 8.60. The van der Waals surface area contributed by atoms with E-state index in [0.717, 1.165) is 11.1 Å². The summed E-state index contributed by atoms with van der Waals surface area (Å²) in [5, 5.41) is 7.93. The van der Waals surface area contributed by atoms with Crippen LogP contribution in [-0.4, -0.2) is 45.1 Å². The quantitative estimate of drug-likeness (QED) is 0.229. The molecule has 2 N–H and O–H groups in total. The highest BCUT2D eigenvalue weighted by atomic mass is 16.5. The largest absolute Gasteiger partial charge is 0.497 e. The molecule has 0 spiro atoms. The highest BCUT2D eigenvalue weighted by molar-refractivity contribution is 5.95. The summed E-state index contributed by atoms with van der Waals surface area (Å²) in [6.07, 6.45) is 3.87. The molecule has 3 aromatic carbocycles. The molecule has 3 aromatic rings. The van der Waals surface area contributed by atoms with Crippen LogP contribution in [0.15, 0.2) is 83.0 Å². The summed E-state index contributed by atoms with van der Waals surface area (Å²) >= 11 is 0. The van der Waals surface area contributed by atoms with E-state index in [2.05, 4.69) is 21.1 Å². The van der Waals surface area contributed by atoms with Crippen LogP contribution in [0.1, 0.15) is 34.3 Å². The van der Waals surface area contributed by atoms with Crippen LogP contribution in [-0.2, 0) is 4.79 Å². The van der Waals surface area contributed by atoms with Gasteiger partial charge in [0.15, 0.2) is 0 Å². The summed E-state index contributed by atoms with van der Waals surface area (Å²) in [5.74, 6) is 1.47. The van der Waals surface area contributed by atoms with Gasteiger partial charge in [0, 0.05) is 12.0 Å². The second-order valence-corrected chi connectivity index (χ2v) is 7.52. The standard InChI is InChI=1S/C27H28N4O5/c1-34-24-8-3-6-20(16-24)18-28-30-26(32)10-5-15-36-23-13-11-22(12-14-23)27(33)31-29-19-21-7-4-9-25(17-21)35-2/h3-4,6-9,11-14,16-19H,5,10,15H2,1-2H3,(H,30,32)(H,31,33)/b28-18+,29-19+. The lowest BCUT2D eigenvalue weighted by molar-refractivity contribution is -0.121. The zero-order chi connectivity index (χ0) is 25.6. The van der Waals surface area contributed by atoms with Crippen LogP contribution in [0.25, 0.3) is 0 Å². The zero-order valence-corrected chi connectivity index (χ0v) is 20.1. The zero-order valence-electron chi connectivity index (χ0n) is 20.1. The summed E-state index contributed by atoms with van der Waals surface area (Å²) in [5.41, 5.74) is 7.04. The molecule has 0 radical (unpaired) electrons. The van der Waals surface area contributed by atoms with Crippen LogP contribution in [0.5, 0.6) is 17.2 Å². The lowest BCUT2D eigenvalue weighted by atomic mass is 10.2. The molecule has 3 rings (SSSR count). The van der Waals surface area contributed by atoms with Crippen molar-refractivity contribution in [2.45, 2.75) is 12.8 Å². The predicted molar refractivity (Wildman–Crippen MR) is 138 cm³/mol. The van der Waals surface area contributed by atoms with Gasteiger partial charge in [-0.2, -0.15) is 10.2 Å². The molecule has 0 fully saturated rings. The average Bonchev–Trinajstić information content (AvgIpc) is 2.91. The van der Waals surface area contributed by atoms with Crippen LogP contribution >= 0.6 is 0 Å². The number of ether oxygens (including phenoxy) is 3. The van der Waals surface area contributed by atoms with Gasteiger partial charge in [0.2, 0.25) is 5.91 Å². The maximum absolute atomic E-state index is 12.3. The van der Waals surface area contributed by atoms with Crippen LogP contribution in [0.4, 0.5) is 0 Å². The van der Waals surface area contributed by atoms with Gasteiger partial charge >= 0.3 is 0 Å². The number of hydrogen-bond donors (Lipinski definition) is 2. The molecule has 0 aliphatic carbocycles. The first-order valence-electron chi connectivity index (χ1n) is 11.2. The average molecular weight is 489 g/mol. The van der Waals surface area contributed by atoms with Crippen molar-refractivity contribution in [2.75, 3.05) is 20.8 Å². The molecular formula is C27H28N4O5. The molecule has 36 heavy (non-hydrogen) atoms. The highest BCUT2D eigenvalue weighted by Crippen LogP contribution is 2.14. The minimum Gasteiger partial charge on any atom is -0.497 e. The molecule has 0 aliphatic heterocycles. The molecule has 0 unspecified atom stereocenters. The van der Waals surface area contributed by atoms with Gasteiger partial charge in [0.05, 0.1) is 33.3 Å². The fourth-order valence-corrected chi connectivity index (χ4v) is 3.03. The van der Waals surface area contributed by atoms with E-state index in [1.807, 2.05) is 42.5 Å². The second kappa shape index (κ2) is 13.9. The maximum Gasteiger partial charge on any atom is 0.271 e. The summed E-state index contributed by atoms with van der Waals surface area (Å²) in [6.45, 7) is 0.351. The monoisotopic (exact) mass is 488 g/mol. The van der Waals surface area contributed by atoms with Gasteiger partial charge in [-0.3, -0.25) is 9.59 Å². The number of hydrogen-bond acceptors (Lipinski definition) is 7. The van der Waals surface area contributed by atoms with Crippen molar-refractivity contribution in [3.05, 3.63) is 89.5 Å². The first-order valence-corrected chi connectivity index (χ1v) is 11.2. The number of carbonyl (C=O) groups excluding carboxylic acids is 2. The number of carbonyl (C=O) groups is 2. The summed E-state index contributed by atoms with van der Waals surface area (Å²) in [6, 6.07) is 21.3. The molecule has 186 valence electrons. The molecule has 0 aromatic heterocycles. The Hall–Kier alpha value is -4.66. The number of nitrogens with zero attached hydrogens (tertiary/aromatic N) is 2. The number of benzene rings is 3. The number of amides is 2. The first kappa shape index (κ1) is 26.0. The van der Waals surface area contributed by atoms with E-state index in [1.54, 1.807) is 50.8 Å². The molecule has 0 heterocycles. The molecule has 0 aliphatic rings. The van der Waals surface area contributed by atoms with E-state index < -0.39 is 0 Å². The van der Waals surface area contributed by atoms with Gasteiger partial charge in [0.1, 0.15) is 17.2 Å². The summed E-state index contributed by atoms with van der Waals surface area (Å²) < 4.78 is 16.0. The Labute approximate surface area is 209 Å². The van der Waals surface area contributed by atoms with E-state index >= 15 is 0 Å². The number of methoxy groups -OCH3 is 2. The minimum absolute atomic E-state index is 0.209. The van der Waals surface area contributed by atoms with E-state index in [1.165, 1.54) is 6.21 Å². The Bertz CT molecular complexity index is 1210. The highest BCUT2D eigenvalue weighted by Gasteiger charge is 2.05. The topological polar surface area (TPSA) is 111 Å². The number of rotatable bonds is 12. The Morgan fingerprint density at radius 1 is 0.778 bits per heavy atom. The Morgan fingerprint density at radius 2 is 1.36 bits per heavy atom. The maximum atomic E-state index is 12.3. The van der Waals surface area contributed by atoms with Crippen molar-refractivity contribution in [3.8, 4) is 17.2 Å². The van der Waals surface area contributed by atoms with Gasteiger partial charge in [-0.25, -0.2) is 10.9 Å². The van der Waals surface area contributed by atoms with Crippen molar-refractivity contribution in [1.82, 2.24) is 10.9 Å². The van der Waals surface area contributed by atoms with Gasteiger partial charge in [0.25, 0.3) is 5.91 Å². The van der Waals surface area contributed by atoms with Crippen molar-refractivity contribution in [2.24, 2.45) is 10.2 Å². The molecular weight excluding hydrogens is 460 g/mol.